The van der Waals surface area contributed by atoms with E-state index in [1.807, 2.05) is 25.1 Å². The number of carbonyl (C=O) groups excluding carboxylic acids is 1. The molecule has 0 amide bonds. The van der Waals surface area contributed by atoms with Crippen LogP contribution in [0.1, 0.15) is 41.4 Å². The summed E-state index contributed by atoms with van der Waals surface area (Å²) in [6.07, 6.45) is 2.97. The molecule has 2 atom stereocenters. The topological polar surface area (TPSA) is 99.0 Å². The fourth-order valence-corrected chi connectivity index (χ4v) is 4.21. The molecule has 1 aromatic heterocycles. The highest BCUT2D eigenvalue weighted by Gasteiger charge is 2.42. The molecule has 0 saturated carbocycles. The lowest BCUT2D eigenvalue weighted by Gasteiger charge is -2.35. The van der Waals surface area contributed by atoms with E-state index in [0.29, 0.717) is 30.2 Å². The molecule has 2 heterocycles. The van der Waals surface area contributed by atoms with E-state index in [2.05, 4.69) is 10.4 Å². The normalized spacial score (nSPS) is 25.0. The van der Waals surface area contributed by atoms with Crippen molar-refractivity contribution in [2.45, 2.75) is 44.1 Å². The molecule has 25 heavy (non-hydrogen) atoms. The summed E-state index contributed by atoms with van der Waals surface area (Å²) in [5.41, 5.74) is 15.1. The molecule has 0 bridgehead atoms. The van der Waals surface area contributed by atoms with Crippen LogP contribution in [0.25, 0.3) is 0 Å². The number of carbonyl (C=O) groups is 1. The molecular weight excluding hydrogens is 338 g/mol. The maximum Gasteiger partial charge on any atom is 0.259 e. The van der Waals surface area contributed by atoms with E-state index < -0.39 is 5.41 Å². The molecule has 0 spiro atoms. The summed E-state index contributed by atoms with van der Waals surface area (Å²) in [4.78, 5) is 13.4. The molecule has 1 aromatic carbocycles. The number of halogens is 1. The van der Waals surface area contributed by atoms with Gasteiger partial charge in [0.05, 0.1) is 21.8 Å². The summed E-state index contributed by atoms with van der Waals surface area (Å²) in [5.74, 6) is 0.341. The quantitative estimate of drug-likeness (QED) is 0.725. The molecule has 132 valence electrons. The lowest BCUT2D eigenvalue weighted by molar-refractivity contribution is 0.0785. The van der Waals surface area contributed by atoms with Gasteiger partial charge in [0.1, 0.15) is 5.82 Å². The highest BCUT2D eigenvalue weighted by molar-refractivity contribution is 6.33. The number of hydrogen-bond donors (Lipinski definition) is 3. The molecule has 2 aromatic rings. The van der Waals surface area contributed by atoms with Gasteiger partial charge in [-0.2, -0.15) is 9.78 Å². The first-order valence-electron chi connectivity index (χ1n) is 8.61. The van der Waals surface area contributed by atoms with Crippen molar-refractivity contribution in [2.24, 2.45) is 5.73 Å². The number of hydrogen-bond acceptors (Lipinski definition) is 5. The third kappa shape index (κ3) is 2.43. The van der Waals surface area contributed by atoms with Crippen molar-refractivity contribution in [3.05, 3.63) is 40.0 Å². The Balaban J connectivity index is 1.79. The third-order valence-corrected chi connectivity index (χ3v) is 5.84. The van der Waals surface area contributed by atoms with Gasteiger partial charge in [0.25, 0.3) is 5.91 Å². The molecule has 1 aliphatic heterocycles. The summed E-state index contributed by atoms with van der Waals surface area (Å²) < 4.78 is 1.39. The molecule has 4 rings (SSSR count). The van der Waals surface area contributed by atoms with Gasteiger partial charge in [-0.25, -0.2) is 0 Å². The monoisotopic (exact) mass is 359 g/mol. The molecule has 6 nitrogen and oxygen atoms in total. The summed E-state index contributed by atoms with van der Waals surface area (Å²) in [7, 11) is 0. The predicted octanol–water partition coefficient (Wildman–Crippen LogP) is 2.35. The fourth-order valence-electron chi connectivity index (χ4n) is 3.97. The summed E-state index contributed by atoms with van der Waals surface area (Å²) in [6, 6.07) is 5.72. The van der Waals surface area contributed by atoms with Gasteiger partial charge in [0, 0.05) is 24.6 Å². The fraction of sp³-hybridized carbons (Fsp3) is 0.444. The smallest absolute Gasteiger partial charge is 0.259 e. The van der Waals surface area contributed by atoms with Crippen molar-refractivity contribution in [3.63, 3.8) is 0 Å². The second-order valence-electron chi connectivity index (χ2n) is 7.20. The highest BCUT2D eigenvalue weighted by Crippen LogP contribution is 2.42. The molecule has 0 saturated heterocycles. The van der Waals surface area contributed by atoms with Crippen LogP contribution in [0.2, 0.25) is 5.02 Å². The summed E-state index contributed by atoms with van der Waals surface area (Å²) in [5, 5.41) is 8.45. The third-order valence-electron chi connectivity index (χ3n) is 5.53. The molecular formula is C18H22ClN5O. The van der Waals surface area contributed by atoms with Gasteiger partial charge in [-0.1, -0.05) is 23.7 Å². The Morgan fingerprint density at radius 2 is 2.28 bits per heavy atom. The molecule has 2 unspecified atom stereocenters. The van der Waals surface area contributed by atoms with Gasteiger partial charge in [-0.05, 0) is 37.8 Å². The number of aromatic nitrogens is 2. The Bertz CT molecular complexity index is 861. The van der Waals surface area contributed by atoms with E-state index in [1.165, 1.54) is 4.68 Å². The van der Waals surface area contributed by atoms with E-state index in [4.69, 9.17) is 23.1 Å². The zero-order chi connectivity index (χ0) is 17.8. The van der Waals surface area contributed by atoms with Crippen LogP contribution in [0.15, 0.2) is 18.2 Å². The number of nitrogens with zero attached hydrogens (tertiary/aromatic N) is 2. The van der Waals surface area contributed by atoms with Crippen LogP contribution in [0.3, 0.4) is 0 Å². The van der Waals surface area contributed by atoms with Gasteiger partial charge in [0.2, 0.25) is 0 Å². The Hall–Kier alpha value is -2.05. The first-order chi connectivity index (χ1) is 11.9. The highest BCUT2D eigenvalue weighted by atomic mass is 35.5. The van der Waals surface area contributed by atoms with Crippen LogP contribution in [0.4, 0.5) is 11.5 Å². The van der Waals surface area contributed by atoms with E-state index >= 15 is 0 Å². The Morgan fingerprint density at radius 1 is 1.48 bits per heavy atom. The van der Waals surface area contributed by atoms with Crippen LogP contribution < -0.4 is 16.8 Å². The largest absolute Gasteiger partial charge is 0.384 e. The van der Waals surface area contributed by atoms with Crippen LogP contribution in [0, 0.1) is 0 Å². The van der Waals surface area contributed by atoms with Crippen LogP contribution in [0.5, 0.6) is 0 Å². The van der Waals surface area contributed by atoms with Gasteiger partial charge >= 0.3 is 0 Å². The zero-order valence-corrected chi connectivity index (χ0v) is 14.9. The minimum atomic E-state index is -0.726. The number of benzene rings is 1. The standard InChI is InChI=1S/C18H22ClN5O/c1-18(7-8-22-15-12(18)3-2-4-13(15)19)17(25)24-16(21)11-6-5-10(20)9-14(11)23-24/h2-4,10,22H,5-9,20-21H2,1H3. The first kappa shape index (κ1) is 16.4. The Labute approximate surface area is 151 Å². The van der Waals surface area contributed by atoms with E-state index in [1.54, 1.807) is 0 Å². The maximum atomic E-state index is 13.4. The summed E-state index contributed by atoms with van der Waals surface area (Å²) >= 11 is 6.32. The number of nitrogen functional groups attached to an aromatic ring is 1. The Kier molecular flexibility index (Phi) is 3.77. The van der Waals surface area contributed by atoms with Crippen molar-refractivity contribution in [2.75, 3.05) is 17.6 Å². The van der Waals surface area contributed by atoms with Crippen molar-refractivity contribution >= 4 is 29.0 Å². The number of nitrogens with one attached hydrogen (secondary N) is 1. The van der Waals surface area contributed by atoms with Gasteiger partial charge < -0.3 is 16.8 Å². The molecule has 1 aliphatic carbocycles. The van der Waals surface area contributed by atoms with E-state index in [0.717, 1.165) is 35.3 Å². The average molecular weight is 360 g/mol. The Morgan fingerprint density at radius 3 is 3.08 bits per heavy atom. The van der Waals surface area contributed by atoms with Crippen molar-refractivity contribution in [1.82, 2.24) is 9.78 Å². The lowest BCUT2D eigenvalue weighted by atomic mass is 9.75. The summed E-state index contributed by atoms with van der Waals surface area (Å²) in [6.45, 7) is 2.61. The van der Waals surface area contributed by atoms with Crippen LogP contribution in [-0.4, -0.2) is 28.3 Å². The van der Waals surface area contributed by atoms with Gasteiger partial charge in [-0.15, -0.1) is 0 Å². The average Bonchev–Trinajstić information content (AvgIpc) is 2.91. The van der Waals surface area contributed by atoms with E-state index in [9.17, 15) is 4.79 Å². The van der Waals surface area contributed by atoms with Crippen molar-refractivity contribution in [3.8, 4) is 0 Å². The molecule has 5 N–H and O–H groups in total. The number of nitrogens with two attached hydrogens (primary N) is 2. The van der Waals surface area contributed by atoms with Crippen molar-refractivity contribution in [1.29, 1.82) is 0 Å². The van der Waals surface area contributed by atoms with Gasteiger partial charge in [0.15, 0.2) is 0 Å². The van der Waals surface area contributed by atoms with Crippen molar-refractivity contribution < 1.29 is 4.79 Å². The van der Waals surface area contributed by atoms with Crippen LogP contribution >= 0.6 is 11.6 Å². The zero-order valence-electron chi connectivity index (χ0n) is 14.2. The molecule has 0 fully saturated rings. The number of para-hydroxylation sites is 1. The first-order valence-corrected chi connectivity index (χ1v) is 8.99. The second-order valence-corrected chi connectivity index (χ2v) is 7.61. The maximum absolute atomic E-state index is 13.4. The molecule has 2 aliphatic rings. The second kappa shape index (κ2) is 5.75. The minimum absolute atomic E-state index is 0.0827. The number of fused-ring (bicyclic) bond motifs is 2. The predicted molar refractivity (Wildman–Crippen MR) is 99.2 cm³/mol. The lowest BCUT2D eigenvalue weighted by Crippen LogP contribution is -2.42. The molecule has 7 heteroatoms. The minimum Gasteiger partial charge on any atom is -0.384 e. The SMILES string of the molecule is CC1(C(=O)n2nc3c(c2N)CCC(N)C3)CCNc2c(Cl)cccc21. The number of anilines is 2. The number of rotatable bonds is 1. The van der Waals surface area contributed by atoms with Gasteiger partial charge in [-0.3, -0.25) is 4.79 Å². The van der Waals surface area contributed by atoms with E-state index in [-0.39, 0.29) is 11.9 Å². The molecule has 0 radical (unpaired) electrons. The van der Waals surface area contributed by atoms with Crippen LogP contribution in [-0.2, 0) is 18.3 Å².